The van der Waals surface area contributed by atoms with Crippen LogP contribution in [-0.4, -0.2) is 49.9 Å². The fourth-order valence-corrected chi connectivity index (χ4v) is 5.34. The van der Waals surface area contributed by atoms with E-state index in [0.717, 1.165) is 19.0 Å². The summed E-state index contributed by atoms with van der Waals surface area (Å²) >= 11 is 0. The number of anilines is 3. The van der Waals surface area contributed by atoms with E-state index in [-0.39, 0.29) is 17.5 Å². The fourth-order valence-electron chi connectivity index (χ4n) is 4.71. The van der Waals surface area contributed by atoms with Gasteiger partial charge in [-0.1, -0.05) is 0 Å². The number of piperidine rings is 1. The van der Waals surface area contributed by atoms with Gasteiger partial charge in [-0.05, 0) is 63.9 Å². The van der Waals surface area contributed by atoms with Gasteiger partial charge in [-0.3, -0.25) is 9.69 Å². The van der Waals surface area contributed by atoms with Crippen molar-refractivity contribution in [2.75, 3.05) is 35.6 Å². The van der Waals surface area contributed by atoms with Gasteiger partial charge < -0.3 is 16.0 Å². The minimum atomic E-state index is -4.84. The monoisotopic (exact) mass is 479 g/mol. The Morgan fingerprint density at radius 2 is 2.09 bits per heavy atom. The third-order valence-electron chi connectivity index (χ3n) is 6.41. The lowest BCUT2D eigenvalue weighted by molar-refractivity contribution is -0.127. The minimum absolute atomic E-state index is 0.0889. The number of nitrogens with one attached hydrogen (secondary N) is 3. The molecule has 0 bridgehead atoms. The first kappa shape index (κ1) is 23.4. The second kappa shape index (κ2) is 8.53. The van der Waals surface area contributed by atoms with E-state index in [1.165, 1.54) is 25.1 Å². The van der Waals surface area contributed by atoms with Gasteiger partial charge >= 0.3 is 10.2 Å². The van der Waals surface area contributed by atoms with Crippen molar-refractivity contribution in [1.82, 2.24) is 9.88 Å². The quantitative estimate of drug-likeness (QED) is 0.546. The number of nitrogens with zero attached hydrogens (tertiary/aromatic N) is 2. The van der Waals surface area contributed by atoms with Crippen LogP contribution < -0.4 is 16.0 Å². The minimum Gasteiger partial charge on any atom is -0.384 e. The van der Waals surface area contributed by atoms with Gasteiger partial charge in [0.05, 0.1) is 17.6 Å². The van der Waals surface area contributed by atoms with E-state index in [0.29, 0.717) is 42.4 Å². The third-order valence-corrected chi connectivity index (χ3v) is 7.36. The fraction of sp³-hybridized carbons (Fsp3) is 0.455. The Morgan fingerprint density at radius 3 is 2.76 bits per heavy atom. The van der Waals surface area contributed by atoms with Gasteiger partial charge in [-0.25, -0.2) is 9.37 Å². The topological polar surface area (TPSA) is 103 Å². The van der Waals surface area contributed by atoms with E-state index in [1.807, 2.05) is 11.8 Å². The van der Waals surface area contributed by atoms with Crippen LogP contribution in [0, 0.1) is 12.7 Å². The summed E-state index contributed by atoms with van der Waals surface area (Å²) in [5, 5.41) is 9.30. The second-order valence-corrected chi connectivity index (χ2v) is 9.95. The van der Waals surface area contributed by atoms with Crippen molar-refractivity contribution >= 4 is 33.3 Å². The first-order chi connectivity index (χ1) is 15.5. The van der Waals surface area contributed by atoms with Gasteiger partial charge in [-0.15, -0.1) is 3.89 Å². The maximum absolute atomic E-state index is 14.4. The number of carbonyl (C=O) groups excluding carboxylic acids is 1. The van der Waals surface area contributed by atoms with Crippen LogP contribution in [0.1, 0.15) is 37.8 Å². The molecule has 1 amide bonds. The lowest BCUT2D eigenvalue weighted by Crippen LogP contribution is -2.55. The maximum atomic E-state index is 14.4. The average Bonchev–Trinajstić information content (AvgIpc) is 2.99. The van der Waals surface area contributed by atoms with Crippen molar-refractivity contribution in [2.24, 2.45) is 0 Å². The van der Waals surface area contributed by atoms with E-state index in [4.69, 9.17) is 0 Å². The van der Waals surface area contributed by atoms with Gasteiger partial charge in [0.1, 0.15) is 22.1 Å². The summed E-state index contributed by atoms with van der Waals surface area (Å²) in [6.45, 7) is 6.94. The van der Waals surface area contributed by atoms with Crippen LogP contribution in [0.15, 0.2) is 29.3 Å². The molecule has 1 aromatic heterocycles. The molecule has 178 valence electrons. The molecule has 2 aliphatic rings. The predicted octanol–water partition coefficient (Wildman–Crippen LogP) is 3.36. The summed E-state index contributed by atoms with van der Waals surface area (Å²) in [4.78, 5) is 18.8. The molecule has 0 saturated carbocycles. The highest BCUT2D eigenvalue weighted by molar-refractivity contribution is 7.86. The number of aromatic nitrogens is 1. The first-order valence-electron chi connectivity index (χ1n) is 10.9. The van der Waals surface area contributed by atoms with Crippen LogP contribution in [0.25, 0.3) is 0 Å². The molecule has 1 aromatic carbocycles. The summed E-state index contributed by atoms with van der Waals surface area (Å²) in [5.74, 6) is -0.204. The molecule has 3 N–H and O–H groups in total. The largest absolute Gasteiger partial charge is 0.384 e. The Kier molecular flexibility index (Phi) is 6.04. The van der Waals surface area contributed by atoms with Crippen LogP contribution in [0.5, 0.6) is 0 Å². The van der Waals surface area contributed by atoms with Gasteiger partial charge in [0, 0.05) is 24.7 Å². The highest BCUT2D eigenvalue weighted by Gasteiger charge is 2.49. The molecule has 1 fully saturated rings. The van der Waals surface area contributed by atoms with E-state index in [9.17, 15) is 21.5 Å². The zero-order valence-electron chi connectivity index (χ0n) is 18.7. The Labute approximate surface area is 192 Å². The number of carbonyl (C=O) groups is 1. The lowest BCUT2D eigenvalue weighted by Gasteiger charge is -2.42. The van der Waals surface area contributed by atoms with Gasteiger partial charge in [0.15, 0.2) is 0 Å². The zero-order chi connectivity index (χ0) is 24.0. The lowest BCUT2D eigenvalue weighted by atomic mass is 9.88. The Morgan fingerprint density at radius 1 is 1.33 bits per heavy atom. The summed E-state index contributed by atoms with van der Waals surface area (Å²) in [5.41, 5.74) is 0.956. The summed E-state index contributed by atoms with van der Waals surface area (Å²) < 4.78 is 50.1. The molecule has 0 spiro atoms. The van der Waals surface area contributed by atoms with Gasteiger partial charge in [0.25, 0.3) is 0 Å². The second-order valence-electron chi connectivity index (χ2n) is 8.63. The molecule has 2 atom stereocenters. The molecular formula is C22H27F2N5O3S. The molecule has 33 heavy (non-hydrogen) atoms. The highest BCUT2D eigenvalue weighted by atomic mass is 32.3. The van der Waals surface area contributed by atoms with Crippen LogP contribution in [0.3, 0.4) is 0 Å². The normalized spacial score (nSPS) is 23.2. The van der Waals surface area contributed by atoms with Gasteiger partial charge in [0.2, 0.25) is 5.91 Å². The number of rotatable bonds is 6. The number of aryl methyl sites for hydroxylation is 1. The summed E-state index contributed by atoms with van der Waals surface area (Å²) in [6, 6.07) is 4.19. The number of pyridine rings is 1. The number of halogens is 2. The third kappa shape index (κ3) is 4.26. The Balaban J connectivity index is 1.58. The summed E-state index contributed by atoms with van der Waals surface area (Å²) in [7, 11) is -4.84. The van der Waals surface area contributed by atoms with E-state index >= 15 is 0 Å². The Hall–Kier alpha value is -2.79. The molecule has 0 radical (unpaired) electrons. The molecule has 2 aromatic rings. The number of hydrogen-bond donors (Lipinski definition) is 3. The van der Waals surface area contributed by atoms with Gasteiger partial charge in [-0.2, -0.15) is 8.42 Å². The van der Waals surface area contributed by atoms with E-state index < -0.39 is 26.5 Å². The molecule has 11 heteroatoms. The Bertz CT molecular complexity index is 1210. The molecular weight excluding hydrogens is 452 g/mol. The standard InChI is InChI=1S/C22H27F2N5O3S/c1-4-25-17-10-14(23)9-16-20(17)28-21(30)22(16,3)29-7-5-6-15(12-29)27-19-8-13(2)18(11-26-19)33(24,31)32/h8-11,15,25H,4-7,12H2,1-3H3,(H,26,27)(H,28,30)/t15-,22?/m1/s1. The number of benzene rings is 1. The highest BCUT2D eigenvalue weighted by Crippen LogP contribution is 2.45. The first-order valence-corrected chi connectivity index (χ1v) is 12.2. The van der Waals surface area contributed by atoms with Crippen molar-refractivity contribution < 1.29 is 21.5 Å². The molecule has 1 unspecified atom stereocenters. The number of hydrogen-bond acceptors (Lipinski definition) is 7. The molecule has 2 aliphatic heterocycles. The van der Waals surface area contributed by atoms with E-state index in [1.54, 1.807) is 6.92 Å². The van der Waals surface area contributed by atoms with Crippen LogP contribution in [0.2, 0.25) is 0 Å². The SMILES string of the molecule is CCNc1cc(F)cc2c1NC(=O)C2(C)N1CCC[C@@H](Nc2cc(C)c(S(=O)(=O)F)cn2)C1. The predicted molar refractivity (Wildman–Crippen MR) is 122 cm³/mol. The van der Waals surface area contributed by atoms with Crippen molar-refractivity contribution in [1.29, 1.82) is 0 Å². The molecule has 0 aliphatic carbocycles. The van der Waals surface area contributed by atoms with Crippen molar-refractivity contribution in [3.8, 4) is 0 Å². The van der Waals surface area contributed by atoms with Crippen LogP contribution in [-0.2, 0) is 20.6 Å². The number of fused-ring (bicyclic) bond motifs is 1. The molecule has 4 rings (SSSR count). The maximum Gasteiger partial charge on any atom is 0.333 e. The average molecular weight is 480 g/mol. The van der Waals surface area contributed by atoms with Crippen molar-refractivity contribution in [2.45, 2.75) is 50.1 Å². The molecule has 3 heterocycles. The number of amides is 1. The molecule has 1 saturated heterocycles. The van der Waals surface area contributed by atoms with Crippen molar-refractivity contribution in [3.63, 3.8) is 0 Å². The smallest absolute Gasteiger partial charge is 0.333 e. The number of likely N-dealkylation sites (tertiary alicyclic amines) is 1. The van der Waals surface area contributed by atoms with E-state index in [2.05, 4.69) is 20.9 Å². The van der Waals surface area contributed by atoms with Crippen molar-refractivity contribution in [3.05, 3.63) is 41.3 Å². The summed E-state index contributed by atoms with van der Waals surface area (Å²) in [6.07, 6.45) is 2.60. The molecule has 8 nitrogen and oxygen atoms in total. The van der Waals surface area contributed by atoms with Crippen LogP contribution >= 0.6 is 0 Å². The zero-order valence-corrected chi connectivity index (χ0v) is 19.5. The van der Waals surface area contributed by atoms with Crippen LogP contribution in [0.4, 0.5) is 25.5 Å².